The topological polar surface area (TPSA) is 89.3 Å². The summed E-state index contributed by atoms with van der Waals surface area (Å²) in [5, 5.41) is 13.5. The molecule has 0 aliphatic rings. The van der Waals surface area contributed by atoms with Gasteiger partial charge >= 0.3 is 0 Å². The number of amides is 1. The number of allylic oxidation sites excluding steroid dienone is 1. The van der Waals surface area contributed by atoms with Gasteiger partial charge in [-0.05, 0) is 30.1 Å². The molecule has 0 saturated heterocycles. The molecule has 0 aliphatic carbocycles. The van der Waals surface area contributed by atoms with Gasteiger partial charge in [-0.2, -0.15) is 0 Å². The number of nitro benzene ring substituents is 1. The molecule has 0 aliphatic heterocycles. The van der Waals surface area contributed by atoms with Gasteiger partial charge in [-0.1, -0.05) is 25.4 Å². The first-order valence-electron chi connectivity index (χ1n) is 7.20. The number of hydrogen-bond donors (Lipinski definition) is 1. The SMILES string of the molecule is CS/C(C)=C(\C(=O)CC(C)C)C(=O)Nc1cc([N+](=O)[O-])ccc1Cl. The van der Waals surface area contributed by atoms with E-state index in [-0.39, 0.29) is 40.1 Å². The van der Waals surface area contributed by atoms with E-state index in [2.05, 4.69) is 5.32 Å². The molecule has 1 aromatic rings. The van der Waals surface area contributed by atoms with Crippen LogP contribution in [0.1, 0.15) is 27.2 Å². The Kier molecular flexibility index (Phi) is 7.44. The number of carbonyl (C=O) groups excluding carboxylic acids is 2. The lowest BCUT2D eigenvalue weighted by molar-refractivity contribution is -0.384. The first-order chi connectivity index (χ1) is 11.2. The maximum atomic E-state index is 12.5. The second-order valence-electron chi connectivity index (χ2n) is 5.53. The van der Waals surface area contributed by atoms with Crippen LogP contribution in [0.4, 0.5) is 11.4 Å². The van der Waals surface area contributed by atoms with Gasteiger partial charge in [-0.3, -0.25) is 19.7 Å². The summed E-state index contributed by atoms with van der Waals surface area (Å²) in [6, 6.07) is 3.74. The molecule has 1 N–H and O–H groups in total. The number of halogens is 1. The molecule has 1 aromatic carbocycles. The number of ketones is 1. The summed E-state index contributed by atoms with van der Waals surface area (Å²) in [7, 11) is 0. The van der Waals surface area contributed by atoms with Crippen LogP contribution in [0.5, 0.6) is 0 Å². The van der Waals surface area contributed by atoms with Crippen molar-refractivity contribution in [3.8, 4) is 0 Å². The van der Waals surface area contributed by atoms with E-state index in [1.807, 2.05) is 13.8 Å². The molecular weight excluding hydrogens is 352 g/mol. The molecule has 1 rings (SSSR count). The lowest BCUT2D eigenvalue weighted by atomic mass is 10.0. The molecule has 0 atom stereocenters. The molecule has 6 nitrogen and oxygen atoms in total. The summed E-state index contributed by atoms with van der Waals surface area (Å²) in [5.74, 6) is -0.776. The Balaban J connectivity index is 3.16. The highest BCUT2D eigenvalue weighted by Gasteiger charge is 2.23. The number of carbonyl (C=O) groups is 2. The predicted molar refractivity (Wildman–Crippen MR) is 97.4 cm³/mol. The number of nitrogens with zero attached hydrogens (tertiary/aromatic N) is 1. The first kappa shape index (κ1) is 20.2. The Morgan fingerprint density at radius 3 is 2.50 bits per heavy atom. The van der Waals surface area contributed by atoms with E-state index in [0.29, 0.717) is 4.91 Å². The average Bonchev–Trinajstić information content (AvgIpc) is 2.48. The zero-order chi connectivity index (χ0) is 18.4. The van der Waals surface area contributed by atoms with Gasteiger partial charge in [0.2, 0.25) is 0 Å². The van der Waals surface area contributed by atoms with Crippen molar-refractivity contribution in [2.75, 3.05) is 11.6 Å². The zero-order valence-electron chi connectivity index (χ0n) is 13.9. The Morgan fingerprint density at radius 2 is 2.00 bits per heavy atom. The molecule has 0 bridgehead atoms. The Labute approximate surface area is 149 Å². The Bertz CT molecular complexity index is 701. The number of hydrogen-bond acceptors (Lipinski definition) is 5. The van der Waals surface area contributed by atoms with Crippen molar-refractivity contribution in [2.24, 2.45) is 5.92 Å². The largest absolute Gasteiger partial charge is 0.320 e. The number of nitro groups is 1. The van der Waals surface area contributed by atoms with E-state index in [1.54, 1.807) is 13.2 Å². The molecule has 0 unspecified atom stereocenters. The number of benzene rings is 1. The van der Waals surface area contributed by atoms with Crippen molar-refractivity contribution < 1.29 is 14.5 Å². The van der Waals surface area contributed by atoms with Gasteiger partial charge < -0.3 is 5.32 Å². The lowest BCUT2D eigenvalue weighted by Crippen LogP contribution is -2.23. The fourth-order valence-electron chi connectivity index (χ4n) is 1.97. The number of thioether (sulfide) groups is 1. The van der Waals surface area contributed by atoms with Crippen molar-refractivity contribution in [3.63, 3.8) is 0 Å². The van der Waals surface area contributed by atoms with Crippen LogP contribution in [-0.4, -0.2) is 22.9 Å². The van der Waals surface area contributed by atoms with E-state index in [1.165, 1.54) is 30.0 Å². The fraction of sp³-hybridized carbons (Fsp3) is 0.375. The van der Waals surface area contributed by atoms with Crippen LogP contribution in [-0.2, 0) is 9.59 Å². The van der Waals surface area contributed by atoms with Crippen molar-refractivity contribution in [1.29, 1.82) is 0 Å². The van der Waals surface area contributed by atoms with Gasteiger partial charge in [0.05, 0.1) is 21.2 Å². The molecular formula is C16H19ClN2O4S. The smallest absolute Gasteiger partial charge is 0.271 e. The Morgan fingerprint density at radius 1 is 1.38 bits per heavy atom. The van der Waals surface area contributed by atoms with E-state index in [0.717, 1.165) is 0 Å². The predicted octanol–water partition coefficient (Wildman–Crippen LogP) is 4.44. The third-order valence-electron chi connectivity index (χ3n) is 3.17. The molecule has 130 valence electrons. The van der Waals surface area contributed by atoms with Crippen molar-refractivity contribution in [1.82, 2.24) is 0 Å². The number of anilines is 1. The fourth-order valence-corrected chi connectivity index (χ4v) is 2.54. The van der Waals surface area contributed by atoms with Crippen LogP contribution >= 0.6 is 23.4 Å². The van der Waals surface area contributed by atoms with Gasteiger partial charge in [0.25, 0.3) is 11.6 Å². The third-order valence-corrected chi connectivity index (χ3v) is 4.31. The molecule has 0 spiro atoms. The van der Waals surface area contributed by atoms with Gasteiger partial charge in [0.15, 0.2) is 5.78 Å². The van der Waals surface area contributed by atoms with Crippen molar-refractivity contribution in [2.45, 2.75) is 27.2 Å². The number of Topliss-reactive ketones (excluding diaryl/α,β-unsaturated/α-hetero) is 1. The Hall–Kier alpha value is -1.86. The second kappa shape index (κ2) is 8.84. The summed E-state index contributed by atoms with van der Waals surface area (Å²) in [4.78, 5) is 35.8. The van der Waals surface area contributed by atoms with Crippen LogP contribution in [0, 0.1) is 16.0 Å². The van der Waals surface area contributed by atoms with Crippen molar-refractivity contribution in [3.05, 3.63) is 43.8 Å². The summed E-state index contributed by atoms with van der Waals surface area (Å²) >= 11 is 7.28. The minimum atomic E-state index is -0.616. The molecule has 0 radical (unpaired) electrons. The first-order valence-corrected chi connectivity index (χ1v) is 8.81. The van der Waals surface area contributed by atoms with Crippen LogP contribution in [0.25, 0.3) is 0 Å². The summed E-state index contributed by atoms with van der Waals surface area (Å²) in [6.07, 6.45) is 2.01. The highest BCUT2D eigenvalue weighted by molar-refractivity contribution is 8.02. The summed E-state index contributed by atoms with van der Waals surface area (Å²) in [6.45, 7) is 5.46. The van der Waals surface area contributed by atoms with Crippen LogP contribution in [0.3, 0.4) is 0 Å². The molecule has 24 heavy (non-hydrogen) atoms. The molecule has 8 heteroatoms. The maximum absolute atomic E-state index is 12.5. The average molecular weight is 371 g/mol. The van der Waals surface area contributed by atoms with Gasteiger partial charge in [-0.25, -0.2) is 0 Å². The minimum Gasteiger partial charge on any atom is -0.320 e. The van der Waals surface area contributed by atoms with Gasteiger partial charge in [0, 0.05) is 18.6 Å². The van der Waals surface area contributed by atoms with E-state index < -0.39 is 10.8 Å². The van der Waals surface area contributed by atoms with Gasteiger partial charge in [0.1, 0.15) is 0 Å². The second-order valence-corrected chi connectivity index (χ2v) is 6.96. The minimum absolute atomic E-state index is 0.0544. The van der Waals surface area contributed by atoms with Crippen LogP contribution in [0.2, 0.25) is 5.02 Å². The summed E-state index contributed by atoms with van der Waals surface area (Å²) in [5.41, 5.74) is -0.0475. The van der Waals surface area contributed by atoms with Crippen LogP contribution < -0.4 is 5.32 Å². The van der Waals surface area contributed by atoms with E-state index in [9.17, 15) is 19.7 Å². The monoisotopic (exact) mass is 370 g/mol. The van der Waals surface area contributed by atoms with E-state index >= 15 is 0 Å². The molecule has 0 heterocycles. The molecule has 0 aromatic heterocycles. The third kappa shape index (κ3) is 5.35. The number of non-ortho nitro benzene ring substituents is 1. The lowest BCUT2D eigenvalue weighted by Gasteiger charge is -2.13. The van der Waals surface area contributed by atoms with Crippen molar-refractivity contribution >= 4 is 46.4 Å². The molecule has 0 saturated carbocycles. The van der Waals surface area contributed by atoms with E-state index in [4.69, 9.17) is 11.6 Å². The number of nitrogens with one attached hydrogen (secondary N) is 1. The van der Waals surface area contributed by atoms with Crippen LogP contribution in [0.15, 0.2) is 28.7 Å². The molecule has 1 amide bonds. The highest BCUT2D eigenvalue weighted by Crippen LogP contribution is 2.28. The zero-order valence-corrected chi connectivity index (χ0v) is 15.5. The maximum Gasteiger partial charge on any atom is 0.271 e. The quantitative estimate of drug-likeness (QED) is 0.252. The summed E-state index contributed by atoms with van der Waals surface area (Å²) < 4.78 is 0. The normalized spacial score (nSPS) is 11.9. The standard InChI is InChI=1S/C16H19ClN2O4S/c1-9(2)7-14(20)15(10(3)24-4)16(21)18-13-8-11(19(22)23)5-6-12(13)17/h5-6,8-9H,7H2,1-4H3,(H,18,21)/b15-10+. The molecule has 0 fully saturated rings. The number of rotatable bonds is 7. The van der Waals surface area contributed by atoms with Gasteiger partial charge in [-0.15, -0.1) is 11.8 Å². The highest BCUT2D eigenvalue weighted by atomic mass is 35.5.